The highest BCUT2D eigenvalue weighted by molar-refractivity contribution is 5.71. The number of benzene rings is 1. The molecule has 112 valence electrons. The average Bonchev–Trinajstić information content (AvgIpc) is 2.30. The van der Waals surface area contributed by atoms with Gasteiger partial charge in [-0.3, -0.25) is 4.79 Å². The first-order chi connectivity index (χ1) is 9.24. The number of hydrogen-bond acceptors (Lipinski definition) is 3. The number of esters is 1. The fraction of sp³-hybridized carbons (Fsp3) is 0.417. The number of nitrogens with one attached hydrogen (secondary N) is 1. The van der Waals surface area contributed by atoms with Crippen molar-refractivity contribution in [2.75, 3.05) is 11.9 Å². The molecule has 0 amide bonds. The predicted molar refractivity (Wildman–Crippen MR) is 61.1 cm³/mol. The Kier molecular flexibility index (Phi) is 5.29. The van der Waals surface area contributed by atoms with Crippen LogP contribution in [0.2, 0.25) is 0 Å². The smallest absolute Gasteiger partial charge is 0.409 e. The molecular formula is C12H12F5NO2. The maximum absolute atomic E-state index is 13.3. The van der Waals surface area contributed by atoms with Gasteiger partial charge in [-0.2, -0.15) is 13.2 Å². The third-order valence-corrected chi connectivity index (χ3v) is 2.33. The molecule has 0 aromatic heterocycles. The van der Waals surface area contributed by atoms with Gasteiger partial charge < -0.3 is 10.1 Å². The maximum atomic E-state index is 13.3. The molecule has 0 radical (unpaired) electrons. The van der Waals surface area contributed by atoms with E-state index in [9.17, 15) is 26.7 Å². The molecule has 0 spiro atoms. The molecule has 0 bridgehead atoms. The van der Waals surface area contributed by atoms with Crippen LogP contribution in [-0.4, -0.2) is 24.8 Å². The SMILES string of the molecule is CCOC(=O)CC(Nc1ccc(F)cc1F)C(F)(F)F. The largest absolute Gasteiger partial charge is 0.466 e. The fourth-order valence-electron chi connectivity index (χ4n) is 1.43. The molecule has 1 rings (SSSR count). The highest BCUT2D eigenvalue weighted by atomic mass is 19.4. The summed E-state index contributed by atoms with van der Waals surface area (Å²) in [7, 11) is 0. The Morgan fingerprint density at radius 2 is 2.00 bits per heavy atom. The van der Waals surface area contributed by atoms with Crippen LogP contribution in [0.4, 0.5) is 27.6 Å². The monoisotopic (exact) mass is 297 g/mol. The van der Waals surface area contributed by atoms with Gasteiger partial charge in [0.25, 0.3) is 0 Å². The maximum Gasteiger partial charge on any atom is 0.409 e. The summed E-state index contributed by atoms with van der Waals surface area (Å²) in [5, 5.41) is 1.84. The van der Waals surface area contributed by atoms with Crippen molar-refractivity contribution in [3.05, 3.63) is 29.8 Å². The lowest BCUT2D eigenvalue weighted by molar-refractivity contribution is -0.161. The van der Waals surface area contributed by atoms with Crippen molar-refractivity contribution in [3.8, 4) is 0 Å². The second kappa shape index (κ2) is 6.53. The van der Waals surface area contributed by atoms with Crippen molar-refractivity contribution in [2.45, 2.75) is 25.6 Å². The summed E-state index contributed by atoms with van der Waals surface area (Å²) in [5.74, 6) is -3.16. The molecule has 0 fully saturated rings. The zero-order chi connectivity index (χ0) is 15.3. The normalized spacial score (nSPS) is 12.9. The Hall–Kier alpha value is -1.86. The zero-order valence-electron chi connectivity index (χ0n) is 10.4. The summed E-state index contributed by atoms with van der Waals surface area (Å²) in [5.41, 5.74) is -0.543. The van der Waals surface area contributed by atoms with E-state index in [0.717, 1.165) is 12.1 Å². The Morgan fingerprint density at radius 1 is 1.35 bits per heavy atom. The van der Waals surface area contributed by atoms with E-state index in [1.807, 2.05) is 5.32 Å². The summed E-state index contributed by atoms with van der Waals surface area (Å²) in [6.07, 6.45) is -5.79. The molecule has 1 N–H and O–H groups in total. The van der Waals surface area contributed by atoms with Gasteiger partial charge in [-0.05, 0) is 19.1 Å². The molecule has 0 aliphatic carbocycles. The van der Waals surface area contributed by atoms with Crippen molar-refractivity contribution < 1.29 is 31.5 Å². The molecule has 8 heteroatoms. The van der Waals surface area contributed by atoms with E-state index < -0.39 is 41.9 Å². The minimum atomic E-state index is -4.78. The minimum Gasteiger partial charge on any atom is -0.466 e. The number of hydrogen-bond donors (Lipinski definition) is 1. The summed E-state index contributed by atoms with van der Waals surface area (Å²) in [6, 6.07) is -0.237. The molecule has 0 aliphatic heterocycles. The molecule has 1 aromatic carbocycles. The van der Waals surface area contributed by atoms with E-state index >= 15 is 0 Å². The molecule has 20 heavy (non-hydrogen) atoms. The lowest BCUT2D eigenvalue weighted by Gasteiger charge is -2.22. The van der Waals surface area contributed by atoms with Crippen LogP contribution in [-0.2, 0) is 9.53 Å². The number of carbonyl (C=O) groups excluding carboxylic acids is 1. The molecular weight excluding hydrogens is 285 g/mol. The first-order valence-electron chi connectivity index (χ1n) is 5.68. The quantitative estimate of drug-likeness (QED) is 0.669. The Labute approximate surface area is 111 Å². The van der Waals surface area contributed by atoms with Gasteiger partial charge in [0.15, 0.2) is 0 Å². The van der Waals surface area contributed by atoms with E-state index in [-0.39, 0.29) is 6.61 Å². The first kappa shape index (κ1) is 16.2. The van der Waals surface area contributed by atoms with Crippen LogP contribution in [0.5, 0.6) is 0 Å². The van der Waals surface area contributed by atoms with Crippen molar-refractivity contribution in [2.24, 2.45) is 0 Å². The summed E-state index contributed by atoms with van der Waals surface area (Å²) >= 11 is 0. The Morgan fingerprint density at radius 3 is 2.50 bits per heavy atom. The fourth-order valence-corrected chi connectivity index (χ4v) is 1.43. The van der Waals surface area contributed by atoms with Gasteiger partial charge in [0.1, 0.15) is 17.7 Å². The van der Waals surface area contributed by atoms with Crippen LogP contribution in [0, 0.1) is 11.6 Å². The third-order valence-electron chi connectivity index (χ3n) is 2.33. The van der Waals surface area contributed by atoms with Crippen LogP contribution in [0.15, 0.2) is 18.2 Å². The van der Waals surface area contributed by atoms with E-state index in [1.165, 1.54) is 6.92 Å². The average molecular weight is 297 g/mol. The van der Waals surface area contributed by atoms with Gasteiger partial charge in [-0.25, -0.2) is 8.78 Å². The van der Waals surface area contributed by atoms with E-state index in [1.54, 1.807) is 0 Å². The second-order valence-corrected chi connectivity index (χ2v) is 3.87. The summed E-state index contributed by atoms with van der Waals surface area (Å²) in [4.78, 5) is 11.1. The van der Waals surface area contributed by atoms with Gasteiger partial charge in [0.05, 0.1) is 18.7 Å². The molecule has 0 heterocycles. The van der Waals surface area contributed by atoms with Gasteiger partial charge in [-0.1, -0.05) is 0 Å². The van der Waals surface area contributed by atoms with Crippen LogP contribution in [0.25, 0.3) is 0 Å². The van der Waals surface area contributed by atoms with Crippen molar-refractivity contribution >= 4 is 11.7 Å². The topological polar surface area (TPSA) is 38.3 Å². The summed E-state index contributed by atoms with van der Waals surface area (Å²) in [6.45, 7) is 1.39. The lowest BCUT2D eigenvalue weighted by atomic mass is 10.1. The van der Waals surface area contributed by atoms with Crippen LogP contribution in [0.3, 0.4) is 0 Å². The van der Waals surface area contributed by atoms with Crippen molar-refractivity contribution in [3.63, 3.8) is 0 Å². The molecule has 0 aliphatic rings. The van der Waals surface area contributed by atoms with Gasteiger partial charge in [0.2, 0.25) is 0 Å². The molecule has 1 unspecified atom stereocenters. The molecule has 0 saturated carbocycles. The van der Waals surface area contributed by atoms with Crippen molar-refractivity contribution in [1.82, 2.24) is 0 Å². The number of anilines is 1. The van der Waals surface area contributed by atoms with E-state index in [2.05, 4.69) is 4.74 Å². The van der Waals surface area contributed by atoms with Gasteiger partial charge in [-0.15, -0.1) is 0 Å². The van der Waals surface area contributed by atoms with Gasteiger partial charge >= 0.3 is 12.1 Å². The number of rotatable bonds is 5. The Balaban J connectivity index is 2.87. The lowest BCUT2D eigenvalue weighted by Crippen LogP contribution is -2.38. The molecule has 3 nitrogen and oxygen atoms in total. The molecule has 0 saturated heterocycles. The highest BCUT2D eigenvalue weighted by Gasteiger charge is 2.41. The number of alkyl halides is 3. The van der Waals surface area contributed by atoms with Crippen LogP contribution < -0.4 is 5.32 Å². The molecule has 1 atom stereocenters. The second-order valence-electron chi connectivity index (χ2n) is 3.87. The van der Waals surface area contributed by atoms with Gasteiger partial charge in [0, 0.05) is 6.07 Å². The highest BCUT2D eigenvalue weighted by Crippen LogP contribution is 2.27. The standard InChI is InChI=1S/C12H12F5NO2/c1-2-20-11(19)6-10(12(15,16)17)18-9-4-3-7(13)5-8(9)14/h3-5,10,18H,2,6H2,1H3. The first-order valence-corrected chi connectivity index (χ1v) is 5.68. The Bertz CT molecular complexity index is 475. The van der Waals surface area contributed by atoms with E-state index in [0.29, 0.717) is 6.07 Å². The van der Waals surface area contributed by atoms with Crippen LogP contribution >= 0.6 is 0 Å². The zero-order valence-corrected chi connectivity index (χ0v) is 10.4. The van der Waals surface area contributed by atoms with Crippen molar-refractivity contribution in [1.29, 1.82) is 0 Å². The minimum absolute atomic E-state index is 0.0612. The third kappa shape index (κ3) is 4.67. The summed E-state index contributed by atoms with van der Waals surface area (Å²) < 4.78 is 68.6. The number of halogens is 5. The molecule has 1 aromatic rings. The number of carbonyl (C=O) groups is 1. The van der Waals surface area contributed by atoms with E-state index in [4.69, 9.17) is 0 Å². The van der Waals surface area contributed by atoms with Crippen LogP contribution in [0.1, 0.15) is 13.3 Å². The predicted octanol–water partition coefficient (Wildman–Crippen LogP) is 3.26. The number of ether oxygens (including phenoxy) is 1.